The Bertz CT molecular complexity index is 463. The van der Waals surface area contributed by atoms with Crippen LogP contribution in [0.3, 0.4) is 0 Å². The highest BCUT2D eigenvalue weighted by molar-refractivity contribution is 5.94. The minimum atomic E-state index is -4.40. The number of hydrogen-bond acceptors (Lipinski definition) is 3. The second-order valence-electron chi connectivity index (χ2n) is 4.70. The molecule has 0 aliphatic carbocycles. The van der Waals surface area contributed by atoms with Crippen LogP contribution in [0.2, 0.25) is 0 Å². The fourth-order valence-electron chi connectivity index (χ4n) is 1.83. The Hall–Kier alpha value is -1.79. The number of carbonyl (C=O) groups excluding carboxylic acids is 1. The van der Waals surface area contributed by atoms with E-state index in [0.29, 0.717) is 18.8 Å². The molecular formula is C14H20F3N3O. The molecular weight excluding hydrogens is 283 g/mol. The van der Waals surface area contributed by atoms with Crippen LogP contribution in [0.1, 0.15) is 37.0 Å². The van der Waals surface area contributed by atoms with Crippen LogP contribution in [0.15, 0.2) is 18.3 Å². The third-order valence-corrected chi connectivity index (χ3v) is 2.71. The van der Waals surface area contributed by atoms with Crippen molar-refractivity contribution in [1.82, 2.24) is 9.88 Å². The Kier molecular flexibility index (Phi) is 6.45. The molecule has 1 N–H and O–H groups in total. The van der Waals surface area contributed by atoms with Crippen LogP contribution in [0.4, 0.5) is 19.0 Å². The number of carbonyl (C=O) groups is 1. The lowest BCUT2D eigenvalue weighted by molar-refractivity contribution is -0.140. The lowest BCUT2D eigenvalue weighted by Gasteiger charge is -2.23. The molecule has 4 nitrogen and oxygen atoms in total. The number of aromatic nitrogens is 1. The summed E-state index contributed by atoms with van der Waals surface area (Å²) in [5, 5.41) is 3.00. The molecule has 118 valence electrons. The molecule has 0 radical (unpaired) electrons. The topological polar surface area (TPSA) is 45.2 Å². The van der Waals surface area contributed by atoms with Crippen molar-refractivity contribution in [3.63, 3.8) is 0 Å². The van der Waals surface area contributed by atoms with E-state index in [-0.39, 0.29) is 12.1 Å². The molecule has 0 aliphatic heterocycles. The van der Waals surface area contributed by atoms with E-state index in [2.05, 4.69) is 10.3 Å². The minimum Gasteiger partial charge on any atom is -0.370 e. The Morgan fingerprint density at radius 2 is 2.05 bits per heavy atom. The van der Waals surface area contributed by atoms with Gasteiger partial charge in [0.2, 0.25) is 0 Å². The fourth-order valence-corrected chi connectivity index (χ4v) is 1.83. The molecule has 1 heterocycles. The highest BCUT2D eigenvalue weighted by Gasteiger charge is 2.33. The van der Waals surface area contributed by atoms with Crippen LogP contribution in [-0.2, 0) is 0 Å². The zero-order valence-corrected chi connectivity index (χ0v) is 12.2. The van der Waals surface area contributed by atoms with Gasteiger partial charge < -0.3 is 10.2 Å². The Morgan fingerprint density at radius 3 is 2.62 bits per heavy atom. The molecule has 0 fully saturated rings. The Morgan fingerprint density at radius 1 is 1.33 bits per heavy atom. The second kappa shape index (κ2) is 7.85. The lowest BCUT2D eigenvalue weighted by Crippen LogP contribution is -2.39. The van der Waals surface area contributed by atoms with Gasteiger partial charge in [-0.2, -0.15) is 13.2 Å². The van der Waals surface area contributed by atoms with Crippen molar-refractivity contribution in [2.75, 3.05) is 25.0 Å². The van der Waals surface area contributed by atoms with Crippen molar-refractivity contribution in [2.24, 2.45) is 0 Å². The molecule has 0 bridgehead atoms. The monoisotopic (exact) mass is 303 g/mol. The van der Waals surface area contributed by atoms with Crippen molar-refractivity contribution in [1.29, 1.82) is 0 Å². The first-order valence-corrected chi connectivity index (χ1v) is 6.93. The number of amides is 1. The van der Waals surface area contributed by atoms with E-state index in [0.717, 1.165) is 11.3 Å². The number of rotatable bonds is 7. The summed E-state index contributed by atoms with van der Waals surface area (Å²) in [6.07, 6.45) is -1.63. The third kappa shape index (κ3) is 6.01. The van der Waals surface area contributed by atoms with Gasteiger partial charge in [0, 0.05) is 24.8 Å². The molecule has 1 rings (SSSR count). The summed E-state index contributed by atoms with van der Waals surface area (Å²) >= 11 is 0. The van der Waals surface area contributed by atoms with Gasteiger partial charge in [-0.05, 0) is 25.0 Å². The van der Waals surface area contributed by atoms with Gasteiger partial charge in [0.15, 0.2) is 0 Å². The molecule has 21 heavy (non-hydrogen) atoms. The van der Waals surface area contributed by atoms with Crippen LogP contribution in [0, 0.1) is 0 Å². The summed E-state index contributed by atoms with van der Waals surface area (Å²) in [6.45, 7) is 3.23. The molecule has 1 amide bonds. The van der Waals surface area contributed by atoms with E-state index in [9.17, 15) is 18.0 Å². The van der Waals surface area contributed by atoms with Gasteiger partial charge in [-0.3, -0.25) is 4.79 Å². The first-order chi connectivity index (χ1) is 9.87. The maximum absolute atomic E-state index is 12.5. The maximum atomic E-state index is 12.5. The minimum absolute atomic E-state index is 0.0678. The predicted molar refractivity (Wildman–Crippen MR) is 75.3 cm³/mol. The zero-order valence-electron chi connectivity index (χ0n) is 12.2. The molecule has 1 aromatic rings. The highest BCUT2D eigenvalue weighted by Crippen LogP contribution is 2.19. The number of halogens is 3. The molecule has 0 aromatic carbocycles. The van der Waals surface area contributed by atoms with E-state index >= 15 is 0 Å². The van der Waals surface area contributed by atoms with Crippen LogP contribution in [0.25, 0.3) is 0 Å². The van der Waals surface area contributed by atoms with Crippen molar-refractivity contribution < 1.29 is 18.0 Å². The number of nitrogens with zero attached hydrogens (tertiary/aromatic N) is 2. The molecule has 1 aromatic heterocycles. The van der Waals surface area contributed by atoms with Crippen LogP contribution < -0.4 is 5.32 Å². The van der Waals surface area contributed by atoms with E-state index in [1.54, 1.807) is 6.92 Å². The van der Waals surface area contributed by atoms with Crippen molar-refractivity contribution in [2.45, 2.75) is 32.9 Å². The van der Waals surface area contributed by atoms with Gasteiger partial charge in [0.25, 0.3) is 5.91 Å². The summed E-state index contributed by atoms with van der Waals surface area (Å²) in [5.74, 6) is -0.137. The SMILES string of the molecule is CCCNc1cc(C(=O)N(CCC)CC(F)(F)F)ccn1. The van der Waals surface area contributed by atoms with Gasteiger partial charge >= 0.3 is 6.18 Å². The number of nitrogens with one attached hydrogen (secondary N) is 1. The first-order valence-electron chi connectivity index (χ1n) is 6.93. The normalized spacial score (nSPS) is 11.3. The number of pyridine rings is 1. The van der Waals surface area contributed by atoms with Gasteiger partial charge in [-0.1, -0.05) is 13.8 Å². The second-order valence-corrected chi connectivity index (χ2v) is 4.70. The van der Waals surface area contributed by atoms with E-state index < -0.39 is 18.6 Å². The molecule has 0 spiro atoms. The molecule has 0 saturated heterocycles. The van der Waals surface area contributed by atoms with Crippen LogP contribution in [0.5, 0.6) is 0 Å². The summed E-state index contributed by atoms with van der Waals surface area (Å²) < 4.78 is 37.6. The zero-order chi connectivity index (χ0) is 15.9. The van der Waals surface area contributed by atoms with E-state index in [1.165, 1.54) is 18.3 Å². The van der Waals surface area contributed by atoms with Gasteiger partial charge in [0.1, 0.15) is 12.4 Å². The van der Waals surface area contributed by atoms with Crippen LogP contribution in [-0.4, -0.2) is 41.6 Å². The molecule has 0 aliphatic rings. The number of hydrogen-bond donors (Lipinski definition) is 1. The molecule has 0 atom stereocenters. The molecule has 0 unspecified atom stereocenters. The molecule has 0 saturated carbocycles. The van der Waals surface area contributed by atoms with E-state index in [1.807, 2.05) is 6.92 Å². The van der Waals surface area contributed by atoms with Gasteiger partial charge in [-0.25, -0.2) is 4.98 Å². The average Bonchev–Trinajstić information content (AvgIpc) is 2.43. The van der Waals surface area contributed by atoms with Crippen molar-refractivity contribution in [3.05, 3.63) is 23.9 Å². The Balaban J connectivity index is 2.87. The summed E-state index contributed by atoms with van der Waals surface area (Å²) in [5.41, 5.74) is 0.210. The smallest absolute Gasteiger partial charge is 0.370 e. The maximum Gasteiger partial charge on any atom is 0.406 e. The van der Waals surface area contributed by atoms with Gasteiger partial charge in [-0.15, -0.1) is 0 Å². The average molecular weight is 303 g/mol. The van der Waals surface area contributed by atoms with Gasteiger partial charge in [0.05, 0.1) is 0 Å². The quantitative estimate of drug-likeness (QED) is 0.840. The summed E-state index contributed by atoms with van der Waals surface area (Å²) in [6, 6.07) is 2.91. The van der Waals surface area contributed by atoms with Crippen molar-refractivity contribution in [3.8, 4) is 0 Å². The third-order valence-electron chi connectivity index (χ3n) is 2.71. The largest absolute Gasteiger partial charge is 0.406 e. The van der Waals surface area contributed by atoms with Crippen LogP contribution >= 0.6 is 0 Å². The molecule has 7 heteroatoms. The highest BCUT2D eigenvalue weighted by atomic mass is 19.4. The number of anilines is 1. The summed E-state index contributed by atoms with van der Waals surface area (Å²) in [7, 11) is 0. The number of alkyl halides is 3. The van der Waals surface area contributed by atoms with E-state index in [4.69, 9.17) is 0 Å². The lowest BCUT2D eigenvalue weighted by atomic mass is 10.2. The first kappa shape index (κ1) is 17.3. The fraction of sp³-hybridized carbons (Fsp3) is 0.571. The van der Waals surface area contributed by atoms with Crippen molar-refractivity contribution >= 4 is 11.7 Å². The Labute approximate surface area is 122 Å². The summed E-state index contributed by atoms with van der Waals surface area (Å²) in [4.78, 5) is 17.1. The predicted octanol–water partition coefficient (Wildman–Crippen LogP) is 3.32. The standard InChI is InChI=1S/C14H20F3N3O/c1-3-6-18-12-9-11(5-7-19-12)13(21)20(8-4-2)10-14(15,16)17/h5,7,9H,3-4,6,8,10H2,1-2H3,(H,18,19).